The Morgan fingerprint density at radius 2 is 2.24 bits per heavy atom. The molecule has 3 rings (SSSR count). The Labute approximate surface area is 125 Å². The molecule has 5 nitrogen and oxygen atoms in total. The van der Waals surface area contributed by atoms with Gasteiger partial charge in [0.15, 0.2) is 0 Å². The normalized spacial score (nSPS) is 17.0. The molecule has 1 aromatic carbocycles. The van der Waals surface area contributed by atoms with Crippen LogP contribution in [0.5, 0.6) is 0 Å². The number of aryl methyl sites for hydroxylation is 1. The van der Waals surface area contributed by atoms with E-state index in [0.29, 0.717) is 17.1 Å². The number of ether oxygens (including phenoxy) is 1. The number of carboxylic acid groups (broad SMARTS) is 1. The first kappa shape index (κ1) is 13.9. The summed E-state index contributed by atoms with van der Waals surface area (Å²) in [6.45, 7) is 0. The van der Waals surface area contributed by atoms with Gasteiger partial charge in [0, 0.05) is 15.9 Å². The number of carboxylic acids is 1. The van der Waals surface area contributed by atoms with Crippen molar-refractivity contribution < 1.29 is 19.4 Å². The van der Waals surface area contributed by atoms with Crippen LogP contribution in [0.4, 0.5) is 0 Å². The lowest BCUT2D eigenvalue weighted by Gasteiger charge is -2.22. The number of rotatable bonds is 3. The summed E-state index contributed by atoms with van der Waals surface area (Å²) in [5.41, 5.74) is 2.88. The van der Waals surface area contributed by atoms with Gasteiger partial charge in [0.1, 0.15) is 5.69 Å². The van der Waals surface area contributed by atoms with Crippen LogP contribution in [0.15, 0.2) is 12.1 Å². The minimum atomic E-state index is -0.873. The molecule has 0 aliphatic heterocycles. The first-order chi connectivity index (χ1) is 10.0. The van der Waals surface area contributed by atoms with Crippen LogP contribution >= 0.6 is 11.6 Å². The van der Waals surface area contributed by atoms with E-state index < -0.39 is 11.9 Å². The number of carbonyl (C=O) groups excluding carboxylic acids is 1. The number of hydrogen-bond donors (Lipinski definition) is 2. The Morgan fingerprint density at radius 3 is 2.90 bits per heavy atom. The number of nitrogens with one attached hydrogen (secondary N) is 1. The second-order valence-electron chi connectivity index (χ2n) is 5.23. The number of aromatic amines is 1. The first-order valence-corrected chi connectivity index (χ1v) is 7.03. The van der Waals surface area contributed by atoms with Gasteiger partial charge in [-0.2, -0.15) is 0 Å². The molecule has 1 aliphatic carbocycles. The summed E-state index contributed by atoms with van der Waals surface area (Å²) >= 11 is 6.09. The van der Waals surface area contributed by atoms with Crippen molar-refractivity contribution in [2.75, 3.05) is 7.11 Å². The van der Waals surface area contributed by atoms with Crippen LogP contribution in [0, 0.1) is 0 Å². The zero-order chi connectivity index (χ0) is 15.1. The van der Waals surface area contributed by atoms with Crippen LogP contribution in [0.1, 0.15) is 40.4 Å². The van der Waals surface area contributed by atoms with Gasteiger partial charge in [0.05, 0.1) is 13.5 Å². The van der Waals surface area contributed by atoms with Crippen LogP contribution in [0.25, 0.3) is 10.9 Å². The molecule has 2 N–H and O–H groups in total. The SMILES string of the molecule is COC(=O)c1[nH]c2cc(Cl)cc3c2c1[C@@H](CC(=O)O)CC3. The third kappa shape index (κ3) is 2.27. The van der Waals surface area contributed by atoms with Crippen molar-refractivity contribution in [1.29, 1.82) is 0 Å². The van der Waals surface area contributed by atoms with Crippen LogP contribution in [0.3, 0.4) is 0 Å². The predicted octanol–water partition coefficient (Wildman–Crippen LogP) is 3.11. The van der Waals surface area contributed by atoms with E-state index in [1.807, 2.05) is 6.07 Å². The fourth-order valence-corrected chi connectivity index (χ4v) is 3.41. The highest BCUT2D eigenvalue weighted by Gasteiger charge is 2.31. The van der Waals surface area contributed by atoms with Gasteiger partial charge < -0.3 is 14.8 Å². The van der Waals surface area contributed by atoms with Crippen molar-refractivity contribution in [3.63, 3.8) is 0 Å². The third-order valence-electron chi connectivity index (χ3n) is 3.96. The van der Waals surface area contributed by atoms with Crippen LogP contribution < -0.4 is 0 Å². The van der Waals surface area contributed by atoms with Crippen LogP contribution in [-0.4, -0.2) is 29.1 Å². The molecule has 2 aromatic rings. The van der Waals surface area contributed by atoms with Crippen molar-refractivity contribution in [2.45, 2.75) is 25.2 Å². The molecular weight excluding hydrogens is 294 g/mol. The van der Waals surface area contributed by atoms with E-state index in [0.717, 1.165) is 28.5 Å². The van der Waals surface area contributed by atoms with Gasteiger partial charge in [0.2, 0.25) is 0 Å². The van der Waals surface area contributed by atoms with Crippen molar-refractivity contribution >= 4 is 34.4 Å². The monoisotopic (exact) mass is 307 g/mol. The third-order valence-corrected chi connectivity index (χ3v) is 4.18. The van der Waals surface area contributed by atoms with Gasteiger partial charge in [-0.15, -0.1) is 0 Å². The molecule has 1 heterocycles. The molecule has 1 aliphatic rings. The zero-order valence-corrected chi connectivity index (χ0v) is 12.2. The average molecular weight is 308 g/mol. The number of aromatic nitrogens is 1. The molecule has 1 aromatic heterocycles. The van der Waals surface area contributed by atoms with Gasteiger partial charge in [-0.25, -0.2) is 4.79 Å². The Kier molecular flexibility index (Phi) is 3.37. The van der Waals surface area contributed by atoms with Gasteiger partial charge >= 0.3 is 11.9 Å². The van der Waals surface area contributed by atoms with Crippen molar-refractivity contribution in [1.82, 2.24) is 4.98 Å². The van der Waals surface area contributed by atoms with Gasteiger partial charge in [-0.3, -0.25) is 4.79 Å². The summed E-state index contributed by atoms with van der Waals surface area (Å²) in [6, 6.07) is 3.62. The fourth-order valence-electron chi connectivity index (χ4n) is 3.16. The number of aliphatic carboxylic acids is 1. The molecule has 0 saturated carbocycles. The lowest BCUT2D eigenvalue weighted by atomic mass is 9.81. The number of methoxy groups -OCH3 is 1. The van der Waals surface area contributed by atoms with Crippen molar-refractivity contribution in [3.05, 3.63) is 34.0 Å². The minimum absolute atomic E-state index is 0.000978. The molecule has 0 amide bonds. The maximum absolute atomic E-state index is 12.0. The van der Waals surface area contributed by atoms with E-state index in [1.165, 1.54) is 7.11 Å². The predicted molar refractivity (Wildman–Crippen MR) is 78.0 cm³/mol. The average Bonchev–Trinajstić information content (AvgIpc) is 2.81. The fraction of sp³-hybridized carbons (Fsp3) is 0.333. The molecule has 110 valence electrons. The van der Waals surface area contributed by atoms with E-state index in [2.05, 4.69) is 4.98 Å². The molecule has 0 unspecified atom stereocenters. The number of halogens is 1. The highest BCUT2D eigenvalue weighted by molar-refractivity contribution is 6.31. The Hall–Kier alpha value is -2.01. The summed E-state index contributed by atoms with van der Waals surface area (Å²) in [6.07, 6.45) is 1.43. The van der Waals surface area contributed by atoms with E-state index in [9.17, 15) is 9.59 Å². The minimum Gasteiger partial charge on any atom is -0.481 e. The second kappa shape index (κ2) is 5.07. The number of H-pyrrole nitrogens is 1. The highest BCUT2D eigenvalue weighted by atomic mass is 35.5. The summed E-state index contributed by atoms with van der Waals surface area (Å²) in [7, 11) is 1.31. The Balaban J connectivity index is 2.27. The molecule has 0 saturated heterocycles. The molecule has 21 heavy (non-hydrogen) atoms. The van der Waals surface area contributed by atoms with E-state index in [4.69, 9.17) is 21.4 Å². The van der Waals surface area contributed by atoms with Crippen molar-refractivity contribution in [3.8, 4) is 0 Å². The highest BCUT2D eigenvalue weighted by Crippen LogP contribution is 2.42. The summed E-state index contributed by atoms with van der Waals surface area (Å²) in [4.78, 5) is 26.1. The smallest absolute Gasteiger partial charge is 0.354 e. The van der Waals surface area contributed by atoms with E-state index in [1.54, 1.807) is 6.07 Å². The lowest BCUT2D eigenvalue weighted by molar-refractivity contribution is -0.137. The second-order valence-corrected chi connectivity index (χ2v) is 5.66. The van der Waals surface area contributed by atoms with Crippen LogP contribution in [-0.2, 0) is 16.0 Å². The molecule has 6 heteroatoms. The molecule has 0 bridgehead atoms. The Morgan fingerprint density at radius 1 is 1.48 bits per heavy atom. The Bertz CT molecular complexity index is 750. The first-order valence-electron chi connectivity index (χ1n) is 6.65. The van der Waals surface area contributed by atoms with Gasteiger partial charge in [-0.05, 0) is 42.0 Å². The maximum Gasteiger partial charge on any atom is 0.354 e. The largest absolute Gasteiger partial charge is 0.481 e. The lowest BCUT2D eigenvalue weighted by Crippen LogP contribution is -2.15. The molecular formula is C15H14ClNO4. The van der Waals surface area contributed by atoms with E-state index >= 15 is 0 Å². The quantitative estimate of drug-likeness (QED) is 0.854. The number of hydrogen-bond acceptors (Lipinski definition) is 3. The van der Waals surface area contributed by atoms with Crippen molar-refractivity contribution in [2.24, 2.45) is 0 Å². The topological polar surface area (TPSA) is 79.4 Å². The summed E-state index contributed by atoms with van der Waals surface area (Å²) in [5, 5.41) is 10.6. The molecule has 0 radical (unpaired) electrons. The van der Waals surface area contributed by atoms with Gasteiger partial charge in [-0.1, -0.05) is 11.6 Å². The zero-order valence-electron chi connectivity index (χ0n) is 11.4. The molecule has 0 fully saturated rings. The maximum atomic E-state index is 12.0. The van der Waals surface area contributed by atoms with Gasteiger partial charge in [0.25, 0.3) is 0 Å². The molecule has 0 spiro atoms. The van der Waals surface area contributed by atoms with Crippen LogP contribution in [0.2, 0.25) is 5.02 Å². The molecule has 1 atom stereocenters. The number of benzene rings is 1. The summed E-state index contributed by atoms with van der Waals surface area (Å²) in [5.74, 6) is -1.55. The standard InChI is InChI=1S/C15H14ClNO4/c1-21-15(20)14-13-8(5-11(18)19)3-2-7-4-9(16)6-10(17-14)12(7)13/h4,6,8,17H,2-3,5H2,1H3,(H,18,19)/t8-/m1/s1. The van der Waals surface area contributed by atoms with E-state index in [-0.39, 0.29) is 12.3 Å². The number of carbonyl (C=O) groups is 2. The summed E-state index contributed by atoms with van der Waals surface area (Å²) < 4.78 is 4.81. The number of esters is 1.